The second-order valence-electron chi connectivity index (χ2n) is 2.66. The lowest BCUT2D eigenvalue weighted by atomic mass is 10.2. The third-order valence-electron chi connectivity index (χ3n) is 1.54. The second-order valence-corrected chi connectivity index (χ2v) is 3.46. The molecule has 78 valence electrons. The molecule has 2 N–H and O–H groups in total. The van der Waals surface area contributed by atoms with Crippen molar-refractivity contribution in [2.75, 3.05) is 5.73 Å². The largest absolute Gasteiger partial charge is 0.573 e. The zero-order valence-electron chi connectivity index (χ0n) is 7.15. The van der Waals surface area contributed by atoms with E-state index < -0.39 is 6.36 Å². The minimum Gasteiger partial charge on any atom is -0.404 e. The molecule has 0 heterocycles. The average molecular weight is 270 g/mol. The summed E-state index contributed by atoms with van der Waals surface area (Å²) in [6, 6.07) is 2.96. The lowest BCUT2D eigenvalue weighted by Gasteiger charge is -2.13. The van der Waals surface area contributed by atoms with E-state index in [4.69, 9.17) is 5.73 Å². The normalized spacial score (nSPS) is 11.5. The Morgan fingerprint density at radius 2 is 1.93 bits per heavy atom. The number of ether oxygens (including phenoxy) is 1. The van der Waals surface area contributed by atoms with Crippen LogP contribution in [0.3, 0.4) is 0 Å². The van der Waals surface area contributed by atoms with E-state index in [0.717, 1.165) is 0 Å². The molecular formula is C8H7BrF3NO. The Morgan fingerprint density at radius 1 is 1.36 bits per heavy atom. The molecule has 0 saturated carbocycles. The van der Waals surface area contributed by atoms with Crippen LogP contribution in [0.1, 0.15) is 5.56 Å². The summed E-state index contributed by atoms with van der Waals surface area (Å²) in [7, 11) is 0. The highest BCUT2D eigenvalue weighted by molar-refractivity contribution is 9.10. The highest BCUT2D eigenvalue weighted by atomic mass is 79.9. The van der Waals surface area contributed by atoms with Crippen LogP contribution in [0, 0.1) is 6.92 Å². The summed E-state index contributed by atoms with van der Waals surface area (Å²) in [6.45, 7) is 1.51. The average Bonchev–Trinajstić information content (AvgIpc) is 2.04. The summed E-state index contributed by atoms with van der Waals surface area (Å²) in [5.74, 6) is -0.294. The molecule has 0 aliphatic heterocycles. The van der Waals surface area contributed by atoms with Crippen molar-refractivity contribution < 1.29 is 17.9 Å². The van der Waals surface area contributed by atoms with Crippen LogP contribution in [0.2, 0.25) is 0 Å². The summed E-state index contributed by atoms with van der Waals surface area (Å²) >= 11 is 2.93. The van der Waals surface area contributed by atoms with E-state index in [0.29, 0.717) is 5.56 Å². The standard InChI is InChI=1S/C8H7BrF3NO/c1-4-2-3-5(13)6(9)7(4)14-8(10,11)12/h2-3H,13H2,1H3. The van der Waals surface area contributed by atoms with Crippen LogP contribution in [-0.2, 0) is 0 Å². The zero-order chi connectivity index (χ0) is 10.9. The van der Waals surface area contributed by atoms with Crippen molar-refractivity contribution in [3.8, 4) is 5.75 Å². The van der Waals surface area contributed by atoms with Crippen LogP contribution in [0.15, 0.2) is 16.6 Å². The molecule has 0 aliphatic rings. The first-order valence-electron chi connectivity index (χ1n) is 3.61. The van der Waals surface area contributed by atoms with Gasteiger partial charge in [0, 0.05) is 5.69 Å². The van der Waals surface area contributed by atoms with Crippen molar-refractivity contribution in [3.63, 3.8) is 0 Å². The Kier molecular flexibility index (Phi) is 2.94. The summed E-state index contributed by atoms with van der Waals surface area (Å²) in [6.07, 6.45) is -4.71. The number of aryl methyl sites for hydroxylation is 1. The van der Waals surface area contributed by atoms with Gasteiger partial charge in [0.2, 0.25) is 0 Å². The van der Waals surface area contributed by atoms with Crippen molar-refractivity contribution in [2.24, 2.45) is 0 Å². The predicted octanol–water partition coefficient (Wildman–Crippen LogP) is 3.24. The van der Waals surface area contributed by atoms with Gasteiger partial charge in [-0.3, -0.25) is 0 Å². The molecule has 14 heavy (non-hydrogen) atoms. The fraction of sp³-hybridized carbons (Fsp3) is 0.250. The SMILES string of the molecule is Cc1ccc(N)c(Br)c1OC(F)(F)F. The smallest absolute Gasteiger partial charge is 0.404 e. The fourth-order valence-corrected chi connectivity index (χ4v) is 1.43. The van der Waals surface area contributed by atoms with Gasteiger partial charge >= 0.3 is 6.36 Å². The summed E-state index contributed by atoms with van der Waals surface area (Å²) < 4.78 is 39.8. The zero-order valence-corrected chi connectivity index (χ0v) is 8.74. The van der Waals surface area contributed by atoms with Gasteiger partial charge in [0.25, 0.3) is 0 Å². The van der Waals surface area contributed by atoms with Gasteiger partial charge in [-0.1, -0.05) is 6.07 Å². The molecule has 2 nitrogen and oxygen atoms in total. The van der Waals surface area contributed by atoms with Crippen molar-refractivity contribution in [2.45, 2.75) is 13.3 Å². The Labute approximate surface area is 87.0 Å². The molecule has 0 bridgehead atoms. The van der Waals surface area contributed by atoms with Crippen LogP contribution < -0.4 is 10.5 Å². The monoisotopic (exact) mass is 269 g/mol. The first-order valence-corrected chi connectivity index (χ1v) is 4.41. The van der Waals surface area contributed by atoms with Crippen LogP contribution in [0.4, 0.5) is 18.9 Å². The first-order chi connectivity index (χ1) is 6.31. The Hall–Kier alpha value is -0.910. The minimum absolute atomic E-state index is 0.120. The topological polar surface area (TPSA) is 35.2 Å². The molecule has 0 amide bonds. The molecule has 0 spiro atoms. The number of nitrogens with two attached hydrogens (primary N) is 1. The Balaban J connectivity index is 3.13. The van der Waals surface area contributed by atoms with Crippen LogP contribution >= 0.6 is 15.9 Å². The maximum atomic E-state index is 11.9. The van der Waals surface area contributed by atoms with Gasteiger partial charge in [-0.05, 0) is 34.5 Å². The minimum atomic E-state index is -4.71. The van der Waals surface area contributed by atoms with Gasteiger partial charge in [-0.2, -0.15) is 0 Å². The Morgan fingerprint density at radius 3 is 2.43 bits per heavy atom. The molecule has 0 aromatic heterocycles. The van der Waals surface area contributed by atoms with Crippen molar-refractivity contribution in [1.82, 2.24) is 0 Å². The highest BCUT2D eigenvalue weighted by Gasteiger charge is 2.32. The summed E-state index contributed by atoms with van der Waals surface area (Å²) in [4.78, 5) is 0. The number of hydrogen-bond acceptors (Lipinski definition) is 2. The number of halogens is 4. The van der Waals surface area contributed by atoms with Gasteiger partial charge in [-0.15, -0.1) is 13.2 Å². The van der Waals surface area contributed by atoms with Gasteiger partial charge in [0.05, 0.1) is 4.47 Å². The van der Waals surface area contributed by atoms with E-state index in [1.165, 1.54) is 19.1 Å². The second kappa shape index (κ2) is 3.68. The van der Waals surface area contributed by atoms with E-state index in [2.05, 4.69) is 20.7 Å². The number of nitrogen functional groups attached to an aromatic ring is 1. The molecule has 6 heteroatoms. The fourth-order valence-electron chi connectivity index (χ4n) is 0.909. The van der Waals surface area contributed by atoms with Crippen LogP contribution in [0.25, 0.3) is 0 Å². The predicted molar refractivity (Wildman–Crippen MR) is 50.0 cm³/mol. The van der Waals surface area contributed by atoms with Gasteiger partial charge in [0.15, 0.2) is 0 Å². The molecule has 0 fully saturated rings. The number of benzene rings is 1. The maximum Gasteiger partial charge on any atom is 0.573 e. The maximum absolute atomic E-state index is 11.9. The number of alkyl halides is 3. The van der Waals surface area contributed by atoms with E-state index in [1.54, 1.807) is 0 Å². The Bertz CT molecular complexity index is 351. The first kappa shape index (κ1) is 11.2. The third-order valence-corrected chi connectivity index (χ3v) is 2.36. The molecule has 0 aliphatic carbocycles. The lowest BCUT2D eigenvalue weighted by molar-refractivity contribution is -0.275. The van der Waals surface area contributed by atoms with E-state index in [1.807, 2.05) is 0 Å². The van der Waals surface area contributed by atoms with E-state index >= 15 is 0 Å². The molecule has 1 aromatic carbocycles. The number of hydrogen-bond donors (Lipinski definition) is 1. The summed E-state index contributed by atoms with van der Waals surface area (Å²) in [5, 5.41) is 0. The molecule has 1 rings (SSSR count). The quantitative estimate of drug-likeness (QED) is 0.795. The number of rotatable bonds is 1. The highest BCUT2D eigenvalue weighted by Crippen LogP contribution is 2.36. The van der Waals surface area contributed by atoms with Crippen LogP contribution in [0.5, 0.6) is 5.75 Å². The van der Waals surface area contributed by atoms with E-state index in [-0.39, 0.29) is 15.9 Å². The molecule has 0 radical (unpaired) electrons. The molecule has 1 aromatic rings. The molecular weight excluding hydrogens is 263 g/mol. The van der Waals surface area contributed by atoms with Crippen molar-refractivity contribution in [1.29, 1.82) is 0 Å². The van der Waals surface area contributed by atoms with Gasteiger partial charge in [-0.25, -0.2) is 0 Å². The van der Waals surface area contributed by atoms with Gasteiger partial charge in [0.1, 0.15) is 5.75 Å². The molecule has 0 saturated heterocycles. The van der Waals surface area contributed by atoms with E-state index in [9.17, 15) is 13.2 Å². The molecule has 0 unspecified atom stereocenters. The summed E-state index contributed by atoms with van der Waals surface area (Å²) in [5.41, 5.74) is 5.98. The van der Waals surface area contributed by atoms with Crippen molar-refractivity contribution >= 4 is 21.6 Å². The van der Waals surface area contributed by atoms with Gasteiger partial charge < -0.3 is 10.5 Å². The number of anilines is 1. The lowest BCUT2D eigenvalue weighted by Crippen LogP contribution is -2.18. The van der Waals surface area contributed by atoms with Crippen LogP contribution in [-0.4, -0.2) is 6.36 Å². The third kappa shape index (κ3) is 2.54. The van der Waals surface area contributed by atoms with Crippen molar-refractivity contribution in [3.05, 3.63) is 22.2 Å². The molecule has 0 atom stereocenters.